The zero-order valence-corrected chi connectivity index (χ0v) is 27.0. The molecule has 0 saturated heterocycles. The summed E-state index contributed by atoms with van der Waals surface area (Å²) in [7, 11) is 10.2. The molecule has 2 rings (SSSR count). The standard InChI is InChI=1S/C28H44NOP.2ClH.Ti/c1-18(2)29(19(3)4)17-21-14-12-13-20(5)26(21)31-24-16-22(27(6,7)8)15-23(25(24)30)28(9,10)11;;;/h12-16,18-19,30-31H,17H2,1-11H3;2*1H;/q;;;+2/p-2. The number of benzene rings is 2. The Morgan fingerprint density at radius 3 is 1.91 bits per heavy atom. The number of hydrogen-bond donors (Lipinski definition) is 1. The van der Waals surface area contributed by atoms with Gasteiger partial charge in [0.25, 0.3) is 0 Å². The van der Waals surface area contributed by atoms with Gasteiger partial charge < -0.3 is 5.11 Å². The van der Waals surface area contributed by atoms with Crippen LogP contribution in [0.25, 0.3) is 0 Å². The van der Waals surface area contributed by atoms with Gasteiger partial charge in [-0.1, -0.05) is 74.4 Å². The molecule has 2 aromatic rings. The monoisotopic (exact) mass is 559 g/mol. The van der Waals surface area contributed by atoms with Gasteiger partial charge in [-0.3, -0.25) is 4.90 Å². The van der Waals surface area contributed by atoms with Crippen molar-refractivity contribution in [3.63, 3.8) is 0 Å². The topological polar surface area (TPSA) is 23.5 Å². The van der Waals surface area contributed by atoms with Gasteiger partial charge >= 0.3 is 35.6 Å². The van der Waals surface area contributed by atoms with Crippen LogP contribution >= 0.6 is 27.2 Å². The van der Waals surface area contributed by atoms with E-state index in [-0.39, 0.29) is 10.8 Å². The molecule has 1 unspecified atom stereocenters. The third-order valence-corrected chi connectivity index (χ3v) is 7.70. The predicted octanol–water partition coefficient (Wildman–Crippen LogP) is 7.92. The second-order valence-electron chi connectivity index (χ2n) is 11.6. The van der Waals surface area contributed by atoms with Crippen LogP contribution in [0.2, 0.25) is 0 Å². The molecule has 1 N–H and O–H groups in total. The molecule has 0 aliphatic carbocycles. The summed E-state index contributed by atoms with van der Waals surface area (Å²) in [4.78, 5) is 2.54. The third kappa shape index (κ3) is 9.10. The Labute approximate surface area is 227 Å². The van der Waals surface area contributed by atoms with Crippen molar-refractivity contribution in [1.29, 1.82) is 0 Å². The minimum absolute atomic E-state index is 0.0353. The molecule has 0 amide bonds. The maximum atomic E-state index is 11.3. The third-order valence-electron chi connectivity index (χ3n) is 6.08. The van der Waals surface area contributed by atoms with Crippen LogP contribution in [0.15, 0.2) is 30.3 Å². The molecular weight excluding hydrogens is 516 g/mol. The molecule has 34 heavy (non-hydrogen) atoms. The van der Waals surface area contributed by atoms with Crippen molar-refractivity contribution in [1.82, 2.24) is 4.90 Å². The first-order valence-electron chi connectivity index (χ1n) is 12.0. The number of aromatic hydroxyl groups is 1. The molecule has 0 radical (unpaired) electrons. The van der Waals surface area contributed by atoms with E-state index in [9.17, 15) is 5.11 Å². The maximum absolute atomic E-state index is 11.3. The molecule has 2 aromatic carbocycles. The molecular formula is C28H44Cl2NOPTi. The summed E-state index contributed by atoms with van der Waals surface area (Å²) >= 11 is -0.556. The first-order valence-corrected chi connectivity index (χ1v) is 17.3. The summed E-state index contributed by atoms with van der Waals surface area (Å²) in [6, 6.07) is 12.1. The van der Waals surface area contributed by atoms with E-state index in [0.717, 1.165) is 17.4 Å². The van der Waals surface area contributed by atoms with E-state index in [1.165, 1.54) is 22.0 Å². The van der Waals surface area contributed by atoms with Crippen molar-refractivity contribution >= 4 is 37.8 Å². The van der Waals surface area contributed by atoms with E-state index >= 15 is 0 Å². The van der Waals surface area contributed by atoms with Crippen molar-refractivity contribution in [3.05, 3.63) is 52.6 Å². The average Bonchev–Trinajstić information content (AvgIpc) is 2.67. The minimum atomic E-state index is -0.556. The van der Waals surface area contributed by atoms with Gasteiger partial charge in [0.05, 0.1) is 0 Å². The van der Waals surface area contributed by atoms with Crippen LogP contribution in [0.4, 0.5) is 0 Å². The van der Waals surface area contributed by atoms with Gasteiger partial charge in [-0.05, 0) is 73.5 Å². The SMILES string of the molecule is Cc1cccc(CN(C(C)C)C(C)C)c1Pc1cc(C(C)(C)C)cc(C(C)(C)C)c1O.[Cl][Ti][Cl]. The number of aryl methyl sites for hydroxylation is 1. The second-order valence-corrected chi connectivity index (χ2v) is 15.5. The fourth-order valence-corrected chi connectivity index (χ4v) is 5.42. The summed E-state index contributed by atoms with van der Waals surface area (Å²) in [6.45, 7) is 25.5. The summed E-state index contributed by atoms with van der Waals surface area (Å²) in [5, 5.41) is 13.7. The van der Waals surface area contributed by atoms with Crippen molar-refractivity contribution in [2.75, 3.05) is 0 Å². The molecule has 1 atom stereocenters. The Kier molecular flexibility index (Phi) is 12.7. The van der Waals surface area contributed by atoms with Crippen LogP contribution in [0, 0.1) is 6.92 Å². The van der Waals surface area contributed by atoms with Gasteiger partial charge in [0, 0.05) is 29.5 Å². The Balaban J connectivity index is 0.00000182. The molecule has 0 bridgehead atoms. The molecule has 2 nitrogen and oxygen atoms in total. The quantitative estimate of drug-likeness (QED) is 0.287. The molecule has 190 valence electrons. The van der Waals surface area contributed by atoms with E-state index in [4.69, 9.17) is 18.6 Å². The van der Waals surface area contributed by atoms with Crippen LogP contribution in [-0.2, 0) is 34.4 Å². The summed E-state index contributed by atoms with van der Waals surface area (Å²) in [5.41, 5.74) is 4.95. The molecule has 6 heteroatoms. The molecule has 0 saturated carbocycles. The summed E-state index contributed by atoms with van der Waals surface area (Å²) < 4.78 is 0. The van der Waals surface area contributed by atoms with Crippen molar-refractivity contribution in [3.8, 4) is 5.75 Å². The van der Waals surface area contributed by atoms with Crippen molar-refractivity contribution < 1.29 is 22.1 Å². The number of phenols is 1. The number of phenolic OH excluding ortho intramolecular Hbond substituents is 1. The molecule has 0 heterocycles. The second kappa shape index (κ2) is 13.5. The zero-order valence-electron chi connectivity index (χ0n) is 22.9. The summed E-state index contributed by atoms with van der Waals surface area (Å²) in [5.74, 6) is 0.470. The van der Waals surface area contributed by atoms with Crippen LogP contribution in [0.3, 0.4) is 0 Å². The zero-order chi connectivity index (χ0) is 26.4. The van der Waals surface area contributed by atoms with Crippen molar-refractivity contribution in [2.24, 2.45) is 0 Å². The van der Waals surface area contributed by atoms with E-state index in [2.05, 4.69) is 111 Å². The average molecular weight is 560 g/mol. The van der Waals surface area contributed by atoms with Gasteiger partial charge in [0.15, 0.2) is 0 Å². The van der Waals surface area contributed by atoms with E-state index in [0.29, 0.717) is 26.4 Å². The predicted molar refractivity (Wildman–Crippen MR) is 152 cm³/mol. The molecule has 0 aliphatic heterocycles. The normalized spacial score (nSPS) is 12.6. The van der Waals surface area contributed by atoms with E-state index < -0.39 is 17.0 Å². The van der Waals surface area contributed by atoms with Gasteiger partial charge in [0.2, 0.25) is 0 Å². The van der Waals surface area contributed by atoms with E-state index in [1.54, 1.807) is 0 Å². The number of nitrogens with zero attached hydrogens (tertiary/aromatic N) is 1. The van der Waals surface area contributed by atoms with Crippen LogP contribution in [-0.4, -0.2) is 22.1 Å². The van der Waals surface area contributed by atoms with E-state index in [1.807, 2.05) is 0 Å². The number of rotatable bonds is 6. The van der Waals surface area contributed by atoms with Crippen LogP contribution < -0.4 is 10.6 Å². The number of hydrogen-bond acceptors (Lipinski definition) is 2. The fourth-order valence-electron chi connectivity index (χ4n) is 4.07. The molecule has 0 spiro atoms. The Morgan fingerprint density at radius 1 is 0.941 bits per heavy atom. The Hall–Kier alpha value is -0.0757. The van der Waals surface area contributed by atoms with Crippen molar-refractivity contribution in [2.45, 2.75) is 106 Å². The Morgan fingerprint density at radius 2 is 1.47 bits per heavy atom. The van der Waals surface area contributed by atoms with Gasteiger partial charge in [-0.25, -0.2) is 0 Å². The van der Waals surface area contributed by atoms with Crippen LogP contribution in [0.5, 0.6) is 5.75 Å². The molecule has 0 aromatic heterocycles. The number of halogens is 2. The van der Waals surface area contributed by atoms with Gasteiger partial charge in [-0.2, -0.15) is 0 Å². The Bertz CT molecular complexity index is 925. The van der Waals surface area contributed by atoms with Gasteiger partial charge in [-0.15, -0.1) is 0 Å². The first-order chi connectivity index (χ1) is 15.5. The molecule has 0 aliphatic rings. The molecule has 0 fully saturated rings. The fraction of sp³-hybridized carbons (Fsp3) is 0.571. The first kappa shape index (κ1) is 32.0. The van der Waals surface area contributed by atoms with Gasteiger partial charge in [0.1, 0.15) is 5.75 Å². The summed E-state index contributed by atoms with van der Waals surface area (Å²) in [6.07, 6.45) is 0. The van der Waals surface area contributed by atoms with Crippen LogP contribution in [0.1, 0.15) is 91.5 Å².